The molecule has 0 amide bonds. The van der Waals surface area contributed by atoms with E-state index in [1.54, 1.807) is 0 Å². The summed E-state index contributed by atoms with van der Waals surface area (Å²) in [5, 5.41) is 2.93. The third kappa shape index (κ3) is 4.13. The summed E-state index contributed by atoms with van der Waals surface area (Å²) in [5.41, 5.74) is 1.03. The van der Waals surface area contributed by atoms with Gasteiger partial charge in [0.2, 0.25) is 0 Å². The molecule has 0 aromatic heterocycles. The fraction of sp³-hybridized carbons (Fsp3) is 0.625. The van der Waals surface area contributed by atoms with Gasteiger partial charge in [-0.15, -0.1) is 0 Å². The molecule has 0 bridgehead atoms. The zero-order chi connectivity index (χ0) is 7.98. The van der Waals surface area contributed by atoms with E-state index in [4.69, 9.17) is 0 Å². The van der Waals surface area contributed by atoms with Crippen LogP contribution in [0.15, 0.2) is 16.9 Å². The van der Waals surface area contributed by atoms with Crippen molar-refractivity contribution in [3.63, 3.8) is 0 Å². The first-order chi connectivity index (χ1) is 4.70. The van der Waals surface area contributed by atoms with Crippen molar-refractivity contribution in [2.24, 2.45) is 10.9 Å². The Labute approximate surface area is 63.0 Å². The summed E-state index contributed by atoms with van der Waals surface area (Å²) in [7, 11) is 1.87. The highest BCUT2D eigenvalue weighted by Crippen LogP contribution is 2.09. The number of allylic oxidation sites excluding steroid dienone is 1. The van der Waals surface area contributed by atoms with Gasteiger partial charge in [-0.3, -0.25) is 4.99 Å². The van der Waals surface area contributed by atoms with Gasteiger partial charge in [0, 0.05) is 13.2 Å². The molecule has 1 N–H and O–H groups in total. The number of nitrogens with one attached hydrogen (secondary N) is 1. The van der Waals surface area contributed by atoms with Crippen LogP contribution in [-0.4, -0.2) is 13.8 Å². The van der Waals surface area contributed by atoms with E-state index in [2.05, 4.69) is 30.9 Å². The molecule has 2 nitrogen and oxygen atoms in total. The molecule has 0 atom stereocenters. The second-order valence-corrected chi connectivity index (χ2v) is 2.68. The molecule has 58 valence electrons. The van der Waals surface area contributed by atoms with E-state index in [9.17, 15) is 0 Å². The Bertz CT molecular complexity index is 125. The highest BCUT2D eigenvalue weighted by Gasteiger charge is 1.96. The number of aliphatic imine (C=N–C) groups is 1. The highest BCUT2D eigenvalue weighted by molar-refractivity contribution is 5.28. The molecular weight excluding hydrogens is 124 g/mol. The smallest absolute Gasteiger partial charge is 0.0555 e. The first-order valence-electron chi connectivity index (χ1n) is 3.53. The fourth-order valence-corrected chi connectivity index (χ4v) is 0.754. The van der Waals surface area contributed by atoms with Crippen LogP contribution < -0.4 is 5.32 Å². The Balaban J connectivity index is 3.83. The number of nitrogens with zero attached hydrogens (tertiary/aromatic N) is 1. The van der Waals surface area contributed by atoms with Gasteiger partial charge in [-0.1, -0.05) is 13.8 Å². The minimum atomic E-state index is 0.644. The minimum Gasteiger partial charge on any atom is -0.393 e. The first kappa shape index (κ1) is 9.21. The van der Waals surface area contributed by atoms with Crippen LogP contribution in [0.2, 0.25) is 0 Å². The SMILES string of the molecule is C=N/C(=C\NC)CC(C)C. The maximum absolute atomic E-state index is 3.87. The molecule has 0 saturated heterocycles. The maximum Gasteiger partial charge on any atom is 0.0555 e. The van der Waals surface area contributed by atoms with Crippen LogP contribution in [-0.2, 0) is 0 Å². The van der Waals surface area contributed by atoms with Crippen molar-refractivity contribution >= 4 is 6.72 Å². The topological polar surface area (TPSA) is 24.4 Å². The molecule has 0 aromatic rings. The van der Waals surface area contributed by atoms with Gasteiger partial charge in [0.15, 0.2) is 0 Å². The van der Waals surface area contributed by atoms with Gasteiger partial charge in [0.1, 0.15) is 0 Å². The second kappa shape index (κ2) is 5.03. The van der Waals surface area contributed by atoms with E-state index in [-0.39, 0.29) is 0 Å². The molecular formula is C8H16N2. The molecule has 0 saturated carbocycles. The van der Waals surface area contributed by atoms with Crippen molar-refractivity contribution in [3.8, 4) is 0 Å². The molecule has 0 aliphatic rings. The monoisotopic (exact) mass is 140 g/mol. The summed E-state index contributed by atoms with van der Waals surface area (Å²) in [6, 6.07) is 0. The number of hydrogen-bond donors (Lipinski definition) is 1. The molecule has 0 unspecified atom stereocenters. The Hall–Kier alpha value is -0.790. The maximum atomic E-state index is 3.87. The Morgan fingerprint density at radius 1 is 1.70 bits per heavy atom. The average Bonchev–Trinajstić information content (AvgIpc) is 1.86. The molecule has 10 heavy (non-hydrogen) atoms. The van der Waals surface area contributed by atoms with Crippen molar-refractivity contribution in [1.82, 2.24) is 5.32 Å². The minimum absolute atomic E-state index is 0.644. The summed E-state index contributed by atoms with van der Waals surface area (Å²) >= 11 is 0. The summed E-state index contributed by atoms with van der Waals surface area (Å²) < 4.78 is 0. The molecule has 2 heteroatoms. The Morgan fingerprint density at radius 2 is 2.30 bits per heavy atom. The Morgan fingerprint density at radius 3 is 2.60 bits per heavy atom. The largest absolute Gasteiger partial charge is 0.393 e. The summed E-state index contributed by atoms with van der Waals surface area (Å²) in [5.74, 6) is 0.644. The van der Waals surface area contributed by atoms with Crippen molar-refractivity contribution in [3.05, 3.63) is 11.9 Å². The number of hydrogen-bond acceptors (Lipinski definition) is 2. The molecule has 0 aliphatic heterocycles. The van der Waals surface area contributed by atoms with E-state index in [1.165, 1.54) is 0 Å². The third-order valence-corrected chi connectivity index (χ3v) is 1.13. The normalized spacial score (nSPS) is 11.8. The van der Waals surface area contributed by atoms with Gasteiger partial charge in [-0.2, -0.15) is 0 Å². The quantitative estimate of drug-likeness (QED) is 0.591. The molecule has 0 heterocycles. The van der Waals surface area contributed by atoms with Gasteiger partial charge in [-0.25, -0.2) is 0 Å². The summed E-state index contributed by atoms with van der Waals surface area (Å²) in [4.78, 5) is 3.87. The van der Waals surface area contributed by atoms with Crippen LogP contribution in [0.3, 0.4) is 0 Å². The zero-order valence-electron chi connectivity index (χ0n) is 7.02. The lowest BCUT2D eigenvalue weighted by Crippen LogP contribution is -1.97. The van der Waals surface area contributed by atoms with E-state index < -0.39 is 0 Å². The summed E-state index contributed by atoms with van der Waals surface area (Å²) in [6.45, 7) is 7.80. The molecule has 0 spiro atoms. The predicted molar refractivity (Wildman–Crippen MR) is 46.1 cm³/mol. The molecule has 0 fully saturated rings. The van der Waals surface area contributed by atoms with E-state index in [1.807, 2.05) is 13.2 Å². The van der Waals surface area contributed by atoms with Crippen molar-refractivity contribution in [2.75, 3.05) is 7.05 Å². The fourth-order valence-electron chi connectivity index (χ4n) is 0.754. The Kier molecular flexibility index (Phi) is 4.63. The van der Waals surface area contributed by atoms with Gasteiger partial charge >= 0.3 is 0 Å². The average molecular weight is 140 g/mol. The lowest BCUT2D eigenvalue weighted by atomic mass is 10.1. The predicted octanol–water partition coefficient (Wildman–Crippen LogP) is 1.79. The van der Waals surface area contributed by atoms with Crippen molar-refractivity contribution < 1.29 is 0 Å². The van der Waals surface area contributed by atoms with Gasteiger partial charge < -0.3 is 5.32 Å². The molecule has 0 aromatic carbocycles. The summed E-state index contributed by atoms with van der Waals surface area (Å²) in [6.07, 6.45) is 2.87. The van der Waals surface area contributed by atoms with Crippen LogP contribution in [0, 0.1) is 5.92 Å². The lowest BCUT2D eigenvalue weighted by Gasteiger charge is -2.03. The van der Waals surface area contributed by atoms with E-state index in [0.29, 0.717) is 5.92 Å². The second-order valence-electron chi connectivity index (χ2n) is 2.68. The third-order valence-electron chi connectivity index (χ3n) is 1.13. The van der Waals surface area contributed by atoms with Crippen molar-refractivity contribution in [1.29, 1.82) is 0 Å². The first-order valence-corrected chi connectivity index (χ1v) is 3.53. The highest BCUT2D eigenvalue weighted by atomic mass is 14.8. The van der Waals surface area contributed by atoms with Gasteiger partial charge in [0.05, 0.1) is 5.70 Å². The lowest BCUT2D eigenvalue weighted by molar-refractivity contribution is 0.636. The molecule has 0 rings (SSSR count). The number of rotatable bonds is 4. The van der Waals surface area contributed by atoms with Crippen molar-refractivity contribution in [2.45, 2.75) is 20.3 Å². The van der Waals surface area contributed by atoms with Crippen LogP contribution in [0.25, 0.3) is 0 Å². The zero-order valence-corrected chi connectivity index (χ0v) is 7.02. The van der Waals surface area contributed by atoms with E-state index >= 15 is 0 Å². The van der Waals surface area contributed by atoms with Crippen LogP contribution in [0.5, 0.6) is 0 Å². The standard InChI is InChI=1S/C8H16N2/c1-7(2)5-8(10-4)6-9-3/h6-7,9H,4-5H2,1-3H3/b8-6-. The van der Waals surface area contributed by atoms with Gasteiger partial charge in [-0.05, 0) is 19.1 Å². The van der Waals surface area contributed by atoms with Gasteiger partial charge in [0.25, 0.3) is 0 Å². The van der Waals surface area contributed by atoms with E-state index in [0.717, 1.165) is 12.1 Å². The van der Waals surface area contributed by atoms with Crippen LogP contribution >= 0.6 is 0 Å². The van der Waals surface area contributed by atoms with Crippen LogP contribution in [0.1, 0.15) is 20.3 Å². The molecule has 0 aliphatic carbocycles. The molecule has 0 radical (unpaired) electrons. The van der Waals surface area contributed by atoms with Crippen LogP contribution in [0.4, 0.5) is 0 Å².